The SMILES string of the molecule is Cc1cc(Br)c(F)c(C2(CN)CC2)c1. The van der Waals surface area contributed by atoms with E-state index in [4.69, 9.17) is 5.73 Å². The molecule has 76 valence electrons. The zero-order valence-electron chi connectivity index (χ0n) is 8.11. The van der Waals surface area contributed by atoms with Crippen molar-refractivity contribution in [1.29, 1.82) is 0 Å². The standard InChI is InChI=1S/C11H13BrFN/c1-7-4-8(10(13)9(12)5-7)11(6-14)2-3-11/h4-5H,2-3,6,14H2,1H3. The van der Waals surface area contributed by atoms with Crippen LogP contribution in [-0.4, -0.2) is 6.54 Å². The Morgan fingerprint density at radius 2 is 2.14 bits per heavy atom. The number of hydrogen-bond donors (Lipinski definition) is 1. The quantitative estimate of drug-likeness (QED) is 0.867. The van der Waals surface area contributed by atoms with Gasteiger partial charge in [-0.05, 0) is 52.9 Å². The summed E-state index contributed by atoms with van der Waals surface area (Å²) in [6.45, 7) is 2.51. The first-order valence-electron chi connectivity index (χ1n) is 4.75. The van der Waals surface area contributed by atoms with Gasteiger partial charge in [0.25, 0.3) is 0 Å². The summed E-state index contributed by atoms with van der Waals surface area (Å²) < 4.78 is 14.4. The Kier molecular flexibility index (Phi) is 2.40. The van der Waals surface area contributed by atoms with Crippen LogP contribution < -0.4 is 5.73 Å². The van der Waals surface area contributed by atoms with Gasteiger partial charge < -0.3 is 5.73 Å². The smallest absolute Gasteiger partial charge is 0.141 e. The summed E-state index contributed by atoms with van der Waals surface area (Å²) in [5.41, 5.74) is 7.48. The summed E-state index contributed by atoms with van der Waals surface area (Å²) in [6.07, 6.45) is 2.02. The number of hydrogen-bond acceptors (Lipinski definition) is 1. The van der Waals surface area contributed by atoms with Crippen molar-refractivity contribution < 1.29 is 4.39 Å². The highest BCUT2D eigenvalue weighted by Gasteiger charge is 2.45. The molecule has 0 bridgehead atoms. The Balaban J connectivity index is 2.52. The van der Waals surface area contributed by atoms with Gasteiger partial charge in [-0.1, -0.05) is 6.07 Å². The fourth-order valence-corrected chi connectivity index (χ4v) is 2.42. The van der Waals surface area contributed by atoms with Crippen LogP contribution in [-0.2, 0) is 5.41 Å². The number of halogens is 2. The Morgan fingerprint density at radius 1 is 1.50 bits per heavy atom. The Bertz CT molecular complexity index is 372. The molecule has 0 aliphatic heterocycles. The van der Waals surface area contributed by atoms with Crippen LogP contribution in [0.2, 0.25) is 0 Å². The summed E-state index contributed by atoms with van der Waals surface area (Å²) in [4.78, 5) is 0. The highest BCUT2D eigenvalue weighted by molar-refractivity contribution is 9.10. The second kappa shape index (κ2) is 3.31. The van der Waals surface area contributed by atoms with Crippen molar-refractivity contribution in [2.45, 2.75) is 25.2 Å². The fourth-order valence-electron chi connectivity index (χ4n) is 1.84. The summed E-state index contributed by atoms with van der Waals surface area (Å²) in [7, 11) is 0. The van der Waals surface area contributed by atoms with Gasteiger partial charge in [0.2, 0.25) is 0 Å². The van der Waals surface area contributed by atoms with Crippen LogP contribution in [0.15, 0.2) is 16.6 Å². The zero-order chi connectivity index (χ0) is 10.3. The molecule has 0 aromatic heterocycles. The topological polar surface area (TPSA) is 26.0 Å². The largest absolute Gasteiger partial charge is 0.330 e. The van der Waals surface area contributed by atoms with Crippen LogP contribution in [0.4, 0.5) is 4.39 Å². The first kappa shape index (κ1) is 10.1. The minimum atomic E-state index is -0.140. The van der Waals surface area contributed by atoms with Crippen molar-refractivity contribution in [3.05, 3.63) is 33.5 Å². The molecule has 0 radical (unpaired) electrons. The van der Waals surface area contributed by atoms with Crippen molar-refractivity contribution in [3.8, 4) is 0 Å². The molecule has 0 unspecified atom stereocenters. The fraction of sp³-hybridized carbons (Fsp3) is 0.455. The summed E-state index contributed by atoms with van der Waals surface area (Å²) >= 11 is 3.23. The molecule has 0 amide bonds. The van der Waals surface area contributed by atoms with Crippen molar-refractivity contribution in [2.75, 3.05) is 6.54 Å². The zero-order valence-corrected chi connectivity index (χ0v) is 9.70. The highest BCUT2D eigenvalue weighted by atomic mass is 79.9. The first-order valence-corrected chi connectivity index (χ1v) is 5.54. The van der Waals surface area contributed by atoms with Crippen LogP contribution in [0.3, 0.4) is 0 Å². The molecule has 1 aliphatic carbocycles. The minimum Gasteiger partial charge on any atom is -0.330 e. The van der Waals surface area contributed by atoms with Crippen molar-refractivity contribution in [3.63, 3.8) is 0 Å². The summed E-state index contributed by atoms with van der Waals surface area (Å²) in [6, 6.07) is 3.71. The Hall–Kier alpha value is -0.410. The molecule has 14 heavy (non-hydrogen) atoms. The minimum absolute atomic E-state index is 0.0708. The molecule has 1 saturated carbocycles. The second-order valence-electron chi connectivity index (χ2n) is 4.09. The van der Waals surface area contributed by atoms with E-state index in [0.717, 1.165) is 24.0 Å². The molecular weight excluding hydrogens is 245 g/mol. The Labute approximate surface area is 91.6 Å². The third-order valence-electron chi connectivity index (χ3n) is 2.99. The van der Waals surface area contributed by atoms with Gasteiger partial charge in [-0.15, -0.1) is 0 Å². The van der Waals surface area contributed by atoms with E-state index >= 15 is 0 Å². The molecule has 1 aromatic rings. The maximum absolute atomic E-state index is 13.8. The van der Waals surface area contributed by atoms with E-state index in [2.05, 4.69) is 15.9 Å². The molecule has 1 aromatic carbocycles. The van der Waals surface area contributed by atoms with Gasteiger partial charge >= 0.3 is 0 Å². The average molecular weight is 258 g/mol. The van der Waals surface area contributed by atoms with Gasteiger partial charge in [0.15, 0.2) is 0 Å². The molecular formula is C11H13BrFN. The lowest BCUT2D eigenvalue weighted by Gasteiger charge is -2.15. The summed E-state index contributed by atoms with van der Waals surface area (Å²) in [5, 5.41) is 0. The monoisotopic (exact) mass is 257 g/mol. The van der Waals surface area contributed by atoms with Gasteiger partial charge in [-0.2, -0.15) is 0 Å². The third-order valence-corrected chi connectivity index (χ3v) is 3.57. The molecule has 0 spiro atoms. The van der Waals surface area contributed by atoms with E-state index in [9.17, 15) is 4.39 Å². The molecule has 0 atom stereocenters. The predicted molar refractivity (Wildman–Crippen MR) is 58.8 cm³/mol. The van der Waals surface area contributed by atoms with Gasteiger partial charge in [0.05, 0.1) is 4.47 Å². The normalized spacial score (nSPS) is 18.3. The number of rotatable bonds is 2. The van der Waals surface area contributed by atoms with E-state index in [1.54, 1.807) is 6.07 Å². The van der Waals surface area contributed by atoms with Crippen molar-refractivity contribution in [1.82, 2.24) is 0 Å². The number of nitrogens with two attached hydrogens (primary N) is 1. The van der Waals surface area contributed by atoms with Crippen LogP contribution in [0.1, 0.15) is 24.0 Å². The van der Waals surface area contributed by atoms with Crippen LogP contribution in [0, 0.1) is 12.7 Å². The van der Waals surface area contributed by atoms with Crippen LogP contribution in [0.5, 0.6) is 0 Å². The molecule has 1 nitrogen and oxygen atoms in total. The van der Waals surface area contributed by atoms with E-state index in [1.165, 1.54) is 0 Å². The van der Waals surface area contributed by atoms with Gasteiger partial charge in [-0.25, -0.2) is 4.39 Å². The molecule has 0 saturated heterocycles. The van der Waals surface area contributed by atoms with Gasteiger partial charge in [0, 0.05) is 12.0 Å². The predicted octanol–water partition coefficient (Wildman–Crippen LogP) is 2.89. The molecule has 2 rings (SSSR count). The van der Waals surface area contributed by atoms with E-state index in [1.807, 2.05) is 13.0 Å². The molecule has 3 heteroatoms. The second-order valence-corrected chi connectivity index (χ2v) is 4.95. The lowest BCUT2D eigenvalue weighted by Crippen LogP contribution is -2.21. The summed E-state index contributed by atoms with van der Waals surface area (Å²) in [5.74, 6) is -0.140. The van der Waals surface area contributed by atoms with Crippen LogP contribution in [0.25, 0.3) is 0 Å². The van der Waals surface area contributed by atoms with Gasteiger partial charge in [-0.3, -0.25) is 0 Å². The first-order chi connectivity index (χ1) is 6.59. The van der Waals surface area contributed by atoms with Crippen molar-refractivity contribution in [2.24, 2.45) is 5.73 Å². The average Bonchev–Trinajstić information content (AvgIpc) is 2.92. The lowest BCUT2D eigenvalue weighted by molar-refractivity contribution is 0.567. The molecule has 2 N–H and O–H groups in total. The number of benzene rings is 1. The highest BCUT2D eigenvalue weighted by Crippen LogP contribution is 2.49. The third kappa shape index (κ3) is 1.48. The maximum atomic E-state index is 13.8. The Morgan fingerprint density at radius 3 is 2.64 bits per heavy atom. The number of aryl methyl sites for hydroxylation is 1. The molecule has 1 fully saturated rings. The van der Waals surface area contributed by atoms with Crippen LogP contribution >= 0.6 is 15.9 Å². The van der Waals surface area contributed by atoms with E-state index < -0.39 is 0 Å². The van der Waals surface area contributed by atoms with E-state index in [-0.39, 0.29) is 11.2 Å². The lowest BCUT2D eigenvalue weighted by atomic mass is 9.94. The molecule has 0 heterocycles. The maximum Gasteiger partial charge on any atom is 0.141 e. The molecule has 1 aliphatic rings. The van der Waals surface area contributed by atoms with Crippen molar-refractivity contribution >= 4 is 15.9 Å². The van der Waals surface area contributed by atoms with Gasteiger partial charge in [0.1, 0.15) is 5.82 Å². The van der Waals surface area contributed by atoms with E-state index in [0.29, 0.717) is 11.0 Å².